The van der Waals surface area contributed by atoms with Gasteiger partial charge in [-0.15, -0.1) is 11.3 Å². The number of hydrogen-bond donors (Lipinski definition) is 1. The van der Waals surface area contributed by atoms with Gasteiger partial charge in [0.15, 0.2) is 5.52 Å². The minimum Gasteiger partial charge on any atom is -0.335 e. The second-order valence-electron chi connectivity index (χ2n) is 12.5. The third-order valence-electron chi connectivity index (χ3n) is 9.10. The predicted octanol–water partition coefficient (Wildman–Crippen LogP) is 6.04. The number of hydrogen-bond acceptors (Lipinski definition) is 7. The summed E-state index contributed by atoms with van der Waals surface area (Å²) >= 11 is 3.17. The lowest BCUT2D eigenvalue weighted by Gasteiger charge is -2.21. The molecule has 6 aromatic rings. The van der Waals surface area contributed by atoms with E-state index in [1.165, 1.54) is 16.2 Å². The van der Waals surface area contributed by atoms with E-state index in [1.54, 1.807) is 16.3 Å². The summed E-state index contributed by atoms with van der Waals surface area (Å²) < 4.78 is 39.6. The van der Waals surface area contributed by atoms with Crippen molar-refractivity contribution in [3.05, 3.63) is 144 Å². The summed E-state index contributed by atoms with van der Waals surface area (Å²) in [6, 6.07) is 30.9. The smallest absolute Gasteiger partial charge is 0.335 e. The van der Waals surface area contributed by atoms with E-state index in [0.29, 0.717) is 30.5 Å². The molecule has 12 heteroatoms. The summed E-state index contributed by atoms with van der Waals surface area (Å²) in [6.07, 6.45) is 6.85. The molecule has 0 amide bonds. The highest BCUT2D eigenvalue weighted by Gasteiger charge is 2.29. The lowest BCUT2D eigenvalue weighted by molar-refractivity contribution is -0.678. The first-order valence-corrected chi connectivity index (χ1v) is 20.6. The number of rotatable bonds is 11. The van der Waals surface area contributed by atoms with E-state index in [0.717, 1.165) is 61.3 Å². The zero-order valence-electron chi connectivity index (χ0n) is 29.3. The second-order valence-corrected chi connectivity index (χ2v) is 16.2. The summed E-state index contributed by atoms with van der Waals surface area (Å²) in [5, 5.41) is 1.05. The van der Waals surface area contributed by atoms with E-state index in [4.69, 9.17) is 4.98 Å². The number of benzene rings is 3. The van der Waals surface area contributed by atoms with Gasteiger partial charge in [0.1, 0.15) is 15.9 Å². The minimum atomic E-state index is -4.06. The fraction of sp³-hybridized carbons (Fsp3) is 0.225. The molecule has 0 fully saturated rings. The van der Waals surface area contributed by atoms with Gasteiger partial charge >= 0.3 is 5.78 Å². The maximum absolute atomic E-state index is 13.9. The molecule has 1 aliphatic rings. The molecule has 1 N–H and O–H groups in total. The van der Waals surface area contributed by atoms with Crippen molar-refractivity contribution in [1.82, 2.24) is 18.9 Å². The highest BCUT2D eigenvalue weighted by molar-refractivity contribution is 8.12. The van der Waals surface area contributed by atoms with Gasteiger partial charge in [0.05, 0.1) is 33.2 Å². The lowest BCUT2D eigenvalue weighted by atomic mass is 10.1. The predicted molar refractivity (Wildman–Crippen MR) is 213 cm³/mol. The average molecular weight is 751 g/mol. The molecular formula is C40H40N5O4S3+. The Morgan fingerprint density at radius 3 is 2.27 bits per heavy atom. The summed E-state index contributed by atoms with van der Waals surface area (Å²) in [6.45, 7) is 7.90. The van der Waals surface area contributed by atoms with Crippen LogP contribution < -0.4 is 19.3 Å². The van der Waals surface area contributed by atoms with Crippen molar-refractivity contribution in [2.75, 3.05) is 12.3 Å². The molecule has 9 nitrogen and oxygen atoms in total. The molecule has 0 spiro atoms. The summed E-state index contributed by atoms with van der Waals surface area (Å²) in [5.41, 5.74) is 7.07. The minimum absolute atomic E-state index is 0.0507. The van der Waals surface area contributed by atoms with Crippen molar-refractivity contribution in [1.29, 1.82) is 0 Å². The monoisotopic (exact) mass is 750 g/mol. The number of imidazole rings is 1. The van der Waals surface area contributed by atoms with E-state index < -0.39 is 10.1 Å². The van der Waals surface area contributed by atoms with Crippen molar-refractivity contribution in [3.8, 4) is 0 Å². The molecule has 7 rings (SSSR count). The quantitative estimate of drug-likeness (QED) is 0.0980. The van der Waals surface area contributed by atoms with Gasteiger partial charge in [0, 0.05) is 30.1 Å². The Hall–Kier alpha value is -4.75. The third-order valence-corrected chi connectivity index (χ3v) is 12.2. The number of unbranched alkanes of at least 4 members (excludes halogenated alkanes) is 1. The highest BCUT2D eigenvalue weighted by Crippen LogP contribution is 2.50. The number of fused-ring (bicyclic) bond motifs is 3. The Morgan fingerprint density at radius 2 is 1.58 bits per heavy atom. The Balaban J connectivity index is 1.32. The number of thiazole rings is 1. The first-order chi connectivity index (χ1) is 25.2. The molecule has 4 heterocycles. The normalized spacial score (nSPS) is 15.3. The molecule has 1 aliphatic heterocycles. The van der Waals surface area contributed by atoms with Gasteiger partial charge in [0.2, 0.25) is 0 Å². The fourth-order valence-electron chi connectivity index (χ4n) is 6.69. The molecular weight excluding hydrogens is 711 g/mol. The maximum atomic E-state index is 13.9. The number of para-hydroxylation sites is 2. The van der Waals surface area contributed by atoms with Gasteiger partial charge in [-0.2, -0.15) is 12.8 Å². The molecule has 0 saturated carbocycles. The van der Waals surface area contributed by atoms with Crippen LogP contribution in [-0.4, -0.2) is 44.1 Å². The topological polar surface area (TPSA) is 101 Å². The highest BCUT2D eigenvalue weighted by atomic mass is 32.2. The van der Waals surface area contributed by atoms with Gasteiger partial charge in [0.25, 0.3) is 15.7 Å². The van der Waals surface area contributed by atoms with Crippen molar-refractivity contribution < 1.29 is 17.5 Å². The molecule has 0 atom stereocenters. The Labute approximate surface area is 311 Å². The van der Waals surface area contributed by atoms with E-state index in [-0.39, 0.29) is 11.3 Å². The van der Waals surface area contributed by atoms with Crippen LogP contribution in [0.3, 0.4) is 0 Å². The van der Waals surface area contributed by atoms with Gasteiger partial charge in [-0.05, 0) is 69.0 Å². The van der Waals surface area contributed by atoms with Gasteiger partial charge in [-0.1, -0.05) is 89.5 Å². The SMILES string of the molecule is CCN1C(c2ccccc2)=C(c2ccccc2)S/C1=C/C=c1\s/c(=C\c2cc(C)n3c4ccccc4nc3[n+]2CCCCS(=O)(=O)O)n(CC)c1=O. The molecule has 0 bridgehead atoms. The van der Waals surface area contributed by atoms with Gasteiger partial charge < -0.3 is 4.90 Å². The number of aromatic nitrogens is 4. The summed E-state index contributed by atoms with van der Waals surface area (Å²) in [5.74, 6) is 0.426. The number of allylic oxidation sites excluding steroid dienone is 1. The summed E-state index contributed by atoms with van der Waals surface area (Å²) in [4.78, 5) is 22.3. The molecule has 0 saturated heterocycles. The molecule has 0 unspecified atom stereocenters. The number of nitrogens with zero attached hydrogens (tertiary/aromatic N) is 5. The van der Waals surface area contributed by atoms with Crippen LogP contribution in [0.1, 0.15) is 49.2 Å². The standard InChI is InChI=1S/C40H39N5O4S3/c1-4-42-35(51-38(30-18-10-7-11-19-30)37(42)29-16-8-6-9-17-29)23-22-34-39(46)43(5-2)36(50-34)27-31-26-28(3)45-33-21-13-12-20-32(33)41-40(45)44(31)24-14-15-25-52(47,48)49/h6-13,16-23,26-27H,4-5,14-15,24-25H2,1-3H3/p+1/b34-22-,35-23+. The van der Waals surface area contributed by atoms with Crippen molar-refractivity contribution in [3.63, 3.8) is 0 Å². The largest absolute Gasteiger partial charge is 0.404 e. The van der Waals surface area contributed by atoms with E-state index >= 15 is 0 Å². The first-order valence-electron chi connectivity index (χ1n) is 17.4. The second kappa shape index (κ2) is 15.1. The van der Waals surface area contributed by atoms with Crippen LogP contribution in [0.5, 0.6) is 0 Å². The van der Waals surface area contributed by atoms with Gasteiger partial charge in [-0.25, -0.2) is 4.57 Å². The van der Waals surface area contributed by atoms with Crippen molar-refractivity contribution in [2.45, 2.75) is 46.7 Å². The molecule has 266 valence electrons. The number of aryl methyl sites for hydroxylation is 2. The fourth-order valence-corrected chi connectivity index (χ4v) is 9.58. The van der Waals surface area contributed by atoms with E-state index in [9.17, 15) is 17.8 Å². The Morgan fingerprint density at radius 1 is 0.885 bits per heavy atom. The van der Waals surface area contributed by atoms with Crippen LogP contribution in [0.4, 0.5) is 0 Å². The van der Waals surface area contributed by atoms with Crippen LogP contribution in [0, 0.1) is 6.92 Å². The zero-order valence-corrected chi connectivity index (χ0v) is 31.7. The van der Waals surface area contributed by atoms with Crippen LogP contribution in [-0.2, 0) is 23.2 Å². The molecule has 0 aliphatic carbocycles. The molecule has 3 aromatic carbocycles. The molecule has 0 radical (unpaired) electrons. The van der Waals surface area contributed by atoms with Crippen LogP contribution in [0.2, 0.25) is 0 Å². The Bertz CT molecular complexity index is 2640. The molecule has 52 heavy (non-hydrogen) atoms. The number of thioether (sulfide) groups is 1. The first kappa shape index (κ1) is 35.6. The maximum Gasteiger partial charge on any atom is 0.404 e. The van der Waals surface area contributed by atoms with Crippen molar-refractivity contribution in [2.24, 2.45) is 0 Å². The lowest BCUT2D eigenvalue weighted by Crippen LogP contribution is -2.41. The molecule has 3 aromatic heterocycles. The third kappa shape index (κ3) is 7.16. The average Bonchev–Trinajstić information content (AvgIpc) is 3.81. The zero-order chi connectivity index (χ0) is 36.4. The van der Waals surface area contributed by atoms with Gasteiger partial charge in [-0.3, -0.25) is 13.9 Å². The van der Waals surface area contributed by atoms with Crippen molar-refractivity contribution >= 4 is 72.8 Å². The Kier molecular flexibility index (Phi) is 10.3. The van der Waals surface area contributed by atoms with Crippen LogP contribution >= 0.6 is 23.1 Å². The van der Waals surface area contributed by atoms with Crippen LogP contribution in [0.25, 0.3) is 39.6 Å². The summed E-state index contributed by atoms with van der Waals surface area (Å²) in [7, 11) is -4.06. The van der Waals surface area contributed by atoms with E-state index in [2.05, 4.69) is 81.5 Å². The van der Waals surface area contributed by atoms with E-state index in [1.807, 2.05) is 62.4 Å². The van der Waals surface area contributed by atoms with Crippen LogP contribution in [0.15, 0.2) is 107 Å².